The number of thioether (sulfide) groups is 1. The molecule has 1 aliphatic carbocycles. The van der Waals surface area contributed by atoms with Crippen LogP contribution in [0.1, 0.15) is 40.0 Å². The molecule has 0 heterocycles. The number of carbonyl (C=O) groups excluding carboxylic acids is 1. The van der Waals surface area contributed by atoms with Crippen LogP contribution in [0.2, 0.25) is 0 Å². The molecule has 0 bridgehead atoms. The molecule has 1 amide bonds. The van der Waals surface area contributed by atoms with Crippen LogP contribution < -0.4 is 10.6 Å². The Hall–Kier alpha value is -0.220. The molecule has 16 heavy (non-hydrogen) atoms. The molecule has 3 nitrogen and oxygen atoms in total. The van der Waals surface area contributed by atoms with E-state index in [9.17, 15) is 4.79 Å². The molecule has 1 fully saturated rings. The Kier molecular flexibility index (Phi) is 5.12. The van der Waals surface area contributed by atoms with Gasteiger partial charge in [0.05, 0.1) is 6.54 Å². The Morgan fingerprint density at radius 2 is 2.06 bits per heavy atom. The van der Waals surface area contributed by atoms with Crippen molar-refractivity contribution in [1.82, 2.24) is 10.6 Å². The van der Waals surface area contributed by atoms with E-state index >= 15 is 0 Å². The number of hydrogen-bond acceptors (Lipinski definition) is 3. The standard InChI is InChI=1S/C12H24N2OS/c1-12(2,3)14-11(15)8-13-9-5-6-10(7-9)16-4/h9-10,13H,5-8H2,1-4H3,(H,14,15). The van der Waals surface area contributed by atoms with Crippen LogP contribution in [0.3, 0.4) is 0 Å². The van der Waals surface area contributed by atoms with Crippen molar-refractivity contribution in [1.29, 1.82) is 0 Å². The summed E-state index contributed by atoms with van der Waals surface area (Å²) in [6.07, 6.45) is 5.84. The molecule has 0 aliphatic heterocycles. The average Bonchev–Trinajstić information content (AvgIpc) is 2.59. The second-order valence-corrected chi connectivity index (χ2v) is 6.68. The van der Waals surface area contributed by atoms with Crippen molar-refractivity contribution in [3.63, 3.8) is 0 Å². The Bertz CT molecular complexity index is 238. The fourth-order valence-corrected chi connectivity index (χ4v) is 2.84. The van der Waals surface area contributed by atoms with E-state index in [-0.39, 0.29) is 11.4 Å². The molecule has 1 rings (SSSR count). The van der Waals surface area contributed by atoms with E-state index in [1.54, 1.807) is 0 Å². The Morgan fingerprint density at radius 3 is 2.56 bits per heavy atom. The number of rotatable bonds is 4. The van der Waals surface area contributed by atoms with E-state index in [1.165, 1.54) is 19.3 Å². The number of hydrogen-bond donors (Lipinski definition) is 2. The monoisotopic (exact) mass is 244 g/mol. The first-order chi connectivity index (χ1) is 7.40. The third kappa shape index (κ3) is 5.21. The summed E-state index contributed by atoms with van der Waals surface area (Å²) in [5.41, 5.74) is -0.129. The number of amides is 1. The summed E-state index contributed by atoms with van der Waals surface area (Å²) >= 11 is 1.94. The lowest BCUT2D eigenvalue weighted by molar-refractivity contribution is -0.121. The maximum Gasteiger partial charge on any atom is 0.234 e. The molecule has 1 aliphatic rings. The lowest BCUT2D eigenvalue weighted by Gasteiger charge is -2.21. The highest BCUT2D eigenvalue weighted by molar-refractivity contribution is 7.99. The molecule has 0 spiro atoms. The van der Waals surface area contributed by atoms with Gasteiger partial charge in [-0.25, -0.2) is 0 Å². The maximum absolute atomic E-state index is 11.6. The van der Waals surface area contributed by atoms with Gasteiger partial charge >= 0.3 is 0 Å². The molecule has 2 atom stereocenters. The minimum Gasteiger partial charge on any atom is -0.350 e. The lowest BCUT2D eigenvalue weighted by atomic mass is 10.1. The zero-order valence-electron chi connectivity index (χ0n) is 10.8. The second kappa shape index (κ2) is 5.92. The fourth-order valence-electron chi connectivity index (χ4n) is 2.04. The van der Waals surface area contributed by atoms with E-state index in [0.717, 1.165) is 5.25 Å². The van der Waals surface area contributed by atoms with Gasteiger partial charge in [-0.15, -0.1) is 0 Å². The molecule has 4 heteroatoms. The van der Waals surface area contributed by atoms with Crippen molar-refractivity contribution in [2.75, 3.05) is 12.8 Å². The van der Waals surface area contributed by atoms with E-state index in [1.807, 2.05) is 32.5 Å². The van der Waals surface area contributed by atoms with Gasteiger partial charge in [-0.1, -0.05) is 0 Å². The minimum atomic E-state index is -0.129. The van der Waals surface area contributed by atoms with Gasteiger partial charge in [-0.05, 0) is 46.3 Å². The average molecular weight is 244 g/mol. The molecule has 2 unspecified atom stereocenters. The molecule has 94 valence electrons. The second-order valence-electron chi connectivity index (χ2n) is 5.55. The molecule has 1 saturated carbocycles. The van der Waals surface area contributed by atoms with Gasteiger partial charge < -0.3 is 10.6 Å². The van der Waals surface area contributed by atoms with Crippen LogP contribution in [-0.2, 0) is 4.79 Å². The van der Waals surface area contributed by atoms with Crippen molar-refractivity contribution < 1.29 is 4.79 Å². The van der Waals surface area contributed by atoms with Gasteiger partial charge in [0.15, 0.2) is 0 Å². The van der Waals surface area contributed by atoms with Crippen molar-refractivity contribution in [2.45, 2.75) is 56.9 Å². The molecule has 0 aromatic rings. The van der Waals surface area contributed by atoms with Crippen LogP contribution in [0.5, 0.6) is 0 Å². The highest BCUT2D eigenvalue weighted by Gasteiger charge is 2.24. The van der Waals surface area contributed by atoms with Gasteiger partial charge in [0.25, 0.3) is 0 Å². The highest BCUT2D eigenvalue weighted by atomic mass is 32.2. The summed E-state index contributed by atoms with van der Waals surface area (Å²) in [6.45, 7) is 6.46. The summed E-state index contributed by atoms with van der Waals surface area (Å²) in [6, 6.07) is 0.531. The van der Waals surface area contributed by atoms with Crippen LogP contribution in [0, 0.1) is 0 Å². The van der Waals surface area contributed by atoms with E-state index in [2.05, 4.69) is 16.9 Å². The van der Waals surface area contributed by atoms with Gasteiger partial charge in [-0.2, -0.15) is 11.8 Å². The van der Waals surface area contributed by atoms with Gasteiger partial charge in [0.2, 0.25) is 5.91 Å². The smallest absolute Gasteiger partial charge is 0.234 e. The van der Waals surface area contributed by atoms with Crippen LogP contribution >= 0.6 is 11.8 Å². The van der Waals surface area contributed by atoms with Crippen LogP contribution in [0.4, 0.5) is 0 Å². The van der Waals surface area contributed by atoms with E-state index in [0.29, 0.717) is 12.6 Å². The first-order valence-corrected chi connectivity index (χ1v) is 7.26. The van der Waals surface area contributed by atoms with Gasteiger partial charge in [-0.3, -0.25) is 4.79 Å². The summed E-state index contributed by atoms with van der Waals surface area (Å²) < 4.78 is 0. The number of carbonyl (C=O) groups is 1. The molecule has 2 N–H and O–H groups in total. The Balaban J connectivity index is 2.18. The Morgan fingerprint density at radius 1 is 1.38 bits per heavy atom. The lowest BCUT2D eigenvalue weighted by Crippen LogP contribution is -2.46. The van der Waals surface area contributed by atoms with Crippen molar-refractivity contribution >= 4 is 17.7 Å². The Labute approximate surface area is 103 Å². The third-order valence-electron chi connectivity index (χ3n) is 2.78. The third-order valence-corrected chi connectivity index (χ3v) is 3.88. The molecular formula is C12H24N2OS. The summed E-state index contributed by atoms with van der Waals surface area (Å²) in [4.78, 5) is 11.6. The normalized spacial score (nSPS) is 25.8. The first-order valence-electron chi connectivity index (χ1n) is 5.98. The maximum atomic E-state index is 11.6. The fraction of sp³-hybridized carbons (Fsp3) is 0.917. The van der Waals surface area contributed by atoms with Gasteiger partial charge in [0.1, 0.15) is 0 Å². The largest absolute Gasteiger partial charge is 0.350 e. The summed E-state index contributed by atoms with van der Waals surface area (Å²) in [5.74, 6) is 0.0973. The van der Waals surface area contributed by atoms with Crippen LogP contribution in [0.15, 0.2) is 0 Å². The molecular weight excluding hydrogens is 220 g/mol. The van der Waals surface area contributed by atoms with Crippen molar-refractivity contribution in [3.8, 4) is 0 Å². The van der Waals surface area contributed by atoms with Crippen LogP contribution in [0.25, 0.3) is 0 Å². The van der Waals surface area contributed by atoms with Crippen LogP contribution in [-0.4, -0.2) is 35.5 Å². The first kappa shape index (κ1) is 13.8. The predicted octanol–water partition coefficient (Wildman–Crippen LogP) is 1.77. The molecule has 0 aromatic heterocycles. The minimum absolute atomic E-state index is 0.0973. The van der Waals surface area contributed by atoms with Crippen molar-refractivity contribution in [2.24, 2.45) is 0 Å². The van der Waals surface area contributed by atoms with Crippen molar-refractivity contribution in [3.05, 3.63) is 0 Å². The molecule has 0 radical (unpaired) electrons. The SMILES string of the molecule is CSC1CCC(NCC(=O)NC(C)(C)C)C1. The summed E-state index contributed by atoms with van der Waals surface area (Å²) in [7, 11) is 0. The predicted molar refractivity (Wildman–Crippen MR) is 70.8 cm³/mol. The van der Waals surface area contributed by atoms with E-state index < -0.39 is 0 Å². The zero-order valence-corrected chi connectivity index (χ0v) is 11.6. The molecule has 0 aromatic carbocycles. The number of nitrogens with one attached hydrogen (secondary N) is 2. The topological polar surface area (TPSA) is 41.1 Å². The quantitative estimate of drug-likeness (QED) is 0.792. The summed E-state index contributed by atoms with van der Waals surface area (Å²) in [5, 5.41) is 7.09. The zero-order chi connectivity index (χ0) is 12.2. The molecule has 0 saturated heterocycles. The van der Waals surface area contributed by atoms with Gasteiger partial charge in [0, 0.05) is 16.8 Å². The van der Waals surface area contributed by atoms with E-state index in [4.69, 9.17) is 0 Å². The highest BCUT2D eigenvalue weighted by Crippen LogP contribution is 2.27.